The van der Waals surface area contributed by atoms with Crippen LogP contribution in [0.15, 0.2) is 0 Å². The van der Waals surface area contributed by atoms with Gasteiger partial charge in [-0.05, 0) is 37.5 Å². The highest BCUT2D eigenvalue weighted by molar-refractivity contribution is 7.47. The molecule has 0 saturated carbocycles. The molecule has 2 unspecified atom stereocenters. The first-order valence-electron chi connectivity index (χ1n) is 44.0. The van der Waals surface area contributed by atoms with Gasteiger partial charge < -0.3 is 33.8 Å². The lowest BCUT2D eigenvalue weighted by atomic mass is 10.0. The summed E-state index contributed by atoms with van der Waals surface area (Å²) in [5.41, 5.74) is 0. The van der Waals surface area contributed by atoms with Crippen LogP contribution in [-0.4, -0.2) is 96.7 Å². The van der Waals surface area contributed by atoms with E-state index in [0.29, 0.717) is 25.7 Å². The van der Waals surface area contributed by atoms with Crippen molar-refractivity contribution in [1.82, 2.24) is 0 Å². The Kier molecular flexibility index (Phi) is 75.0. The van der Waals surface area contributed by atoms with Crippen LogP contribution in [0.25, 0.3) is 0 Å². The van der Waals surface area contributed by atoms with Crippen LogP contribution in [0, 0.1) is 11.8 Å². The molecular formula is C85H166O17P2. The van der Waals surface area contributed by atoms with Gasteiger partial charge in [-0.15, -0.1) is 0 Å². The molecule has 0 aromatic rings. The van der Waals surface area contributed by atoms with E-state index in [-0.39, 0.29) is 25.7 Å². The normalized spacial score (nSPS) is 13.8. The fourth-order valence-electron chi connectivity index (χ4n) is 13.2. The van der Waals surface area contributed by atoms with E-state index >= 15 is 0 Å². The molecule has 0 amide bonds. The van der Waals surface area contributed by atoms with Crippen molar-refractivity contribution >= 4 is 39.5 Å². The third kappa shape index (κ3) is 78.2. The van der Waals surface area contributed by atoms with Gasteiger partial charge in [0.1, 0.15) is 19.3 Å². The molecule has 0 aliphatic carbocycles. The van der Waals surface area contributed by atoms with Gasteiger partial charge in [0.25, 0.3) is 0 Å². The van der Waals surface area contributed by atoms with Crippen molar-refractivity contribution in [3.8, 4) is 0 Å². The van der Waals surface area contributed by atoms with Gasteiger partial charge in [0.2, 0.25) is 0 Å². The fourth-order valence-corrected chi connectivity index (χ4v) is 14.8. The van der Waals surface area contributed by atoms with Crippen LogP contribution in [0.2, 0.25) is 0 Å². The lowest BCUT2D eigenvalue weighted by Gasteiger charge is -2.21. The van der Waals surface area contributed by atoms with Gasteiger partial charge in [0.05, 0.1) is 26.4 Å². The van der Waals surface area contributed by atoms with E-state index in [1.165, 1.54) is 270 Å². The fraction of sp³-hybridized carbons (Fsp3) is 0.953. The Morgan fingerprint density at radius 2 is 0.442 bits per heavy atom. The minimum atomic E-state index is -4.96. The van der Waals surface area contributed by atoms with Crippen LogP contribution < -0.4 is 0 Å². The van der Waals surface area contributed by atoms with Crippen molar-refractivity contribution in [3.63, 3.8) is 0 Å². The smallest absolute Gasteiger partial charge is 0.462 e. The summed E-state index contributed by atoms with van der Waals surface area (Å²) < 4.78 is 68.9. The summed E-state index contributed by atoms with van der Waals surface area (Å²) >= 11 is 0. The molecule has 19 heteroatoms. The van der Waals surface area contributed by atoms with Crippen LogP contribution in [0.1, 0.15) is 452 Å². The van der Waals surface area contributed by atoms with E-state index in [1.807, 2.05) is 0 Å². The lowest BCUT2D eigenvalue weighted by molar-refractivity contribution is -0.161. The Morgan fingerprint density at radius 3 is 0.654 bits per heavy atom. The third-order valence-electron chi connectivity index (χ3n) is 20.0. The molecule has 0 bridgehead atoms. The number of rotatable bonds is 84. The van der Waals surface area contributed by atoms with Crippen LogP contribution >= 0.6 is 15.6 Å². The van der Waals surface area contributed by atoms with Crippen LogP contribution in [0.4, 0.5) is 0 Å². The molecule has 0 aliphatic rings. The average Bonchev–Trinajstić information content (AvgIpc) is 0.909. The Hall–Kier alpha value is -1.94. The zero-order valence-electron chi connectivity index (χ0n) is 68.3. The summed E-state index contributed by atoms with van der Waals surface area (Å²) in [5, 5.41) is 10.7. The van der Waals surface area contributed by atoms with E-state index in [4.69, 9.17) is 37.0 Å². The monoisotopic (exact) mass is 1520 g/mol. The molecule has 0 aromatic heterocycles. The molecule has 0 saturated heterocycles. The molecule has 5 atom stereocenters. The Labute approximate surface area is 638 Å². The molecule has 0 aliphatic heterocycles. The molecule has 0 fully saturated rings. The number of ether oxygens (including phenoxy) is 4. The minimum Gasteiger partial charge on any atom is -0.462 e. The standard InChI is InChI=1S/C85H166O17P2/c1-7-9-11-13-15-17-19-21-23-25-26-27-28-29-31-35-40-44-52-58-64-70-84(89)101-80(73-95-82(87)67-61-55-49-42-38-36-32-33-37-41-47-53-59-65-77(3)4)75-99-103(91,92)97-71-79(86)72-98-104(93,94)100-76-81(74-96-83(88)68-62-56-50-46-45-48-54-60-66-78(5)6)102-85(90)69-63-57-51-43-39-34-30-24-22-20-18-16-14-12-10-8-2/h77-81,86H,7-76H2,1-6H3,(H,91,92)(H,93,94)/t79-,80-,81-/m1/s1. The number of esters is 4. The van der Waals surface area contributed by atoms with Gasteiger partial charge in [-0.2, -0.15) is 0 Å². The first kappa shape index (κ1) is 102. The predicted octanol–water partition coefficient (Wildman–Crippen LogP) is 25.8. The second-order valence-corrected chi connectivity index (χ2v) is 34.4. The highest BCUT2D eigenvalue weighted by atomic mass is 31.2. The molecule has 0 heterocycles. The first-order chi connectivity index (χ1) is 50.4. The van der Waals surface area contributed by atoms with Gasteiger partial charge >= 0.3 is 39.5 Å². The molecule has 3 N–H and O–H groups in total. The summed E-state index contributed by atoms with van der Waals surface area (Å²) in [7, 11) is -9.93. The Bertz CT molecular complexity index is 1990. The molecule has 0 aromatic carbocycles. The Morgan fingerprint density at radius 1 is 0.260 bits per heavy atom. The predicted molar refractivity (Wildman–Crippen MR) is 428 cm³/mol. The van der Waals surface area contributed by atoms with Gasteiger partial charge in [-0.1, -0.05) is 401 Å². The van der Waals surface area contributed by atoms with Gasteiger partial charge in [-0.3, -0.25) is 37.3 Å². The van der Waals surface area contributed by atoms with E-state index in [9.17, 15) is 43.2 Å². The third-order valence-corrected chi connectivity index (χ3v) is 21.9. The van der Waals surface area contributed by atoms with Crippen LogP contribution in [-0.2, 0) is 65.4 Å². The zero-order valence-corrected chi connectivity index (χ0v) is 70.1. The molecule has 618 valence electrons. The second kappa shape index (κ2) is 76.4. The molecule has 0 radical (unpaired) electrons. The topological polar surface area (TPSA) is 237 Å². The largest absolute Gasteiger partial charge is 0.472 e. The molecular weight excluding hydrogens is 1350 g/mol. The van der Waals surface area contributed by atoms with Gasteiger partial charge in [0.15, 0.2) is 12.2 Å². The van der Waals surface area contributed by atoms with E-state index < -0.39 is 97.5 Å². The molecule has 0 spiro atoms. The summed E-state index contributed by atoms with van der Waals surface area (Å²) in [6, 6.07) is 0. The van der Waals surface area contributed by atoms with Crippen molar-refractivity contribution in [2.75, 3.05) is 39.6 Å². The zero-order chi connectivity index (χ0) is 76.4. The van der Waals surface area contributed by atoms with Crippen molar-refractivity contribution < 1.29 is 80.2 Å². The summed E-state index contributed by atoms with van der Waals surface area (Å²) in [5.74, 6) is -0.586. The second-order valence-electron chi connectivity index (χ2n) is 31.5. The highest BCUT2D eigenvalue weighted by Crippen LogP contribution is 2.45. The lowest BCUT2D eigenvalue weighted by Crippen LogP contribution is -2.30. The van der Waals surface area contributed by atoms with Gasteiger partial charge in [-0.25, -0.2) is 9.13 Å². The van der Waals surface area contributed by atoms with E-state index in [2.05, 4.69) is 41.5 Å². The molecule has 17 nitrogen and oxygen atoms in total. The summed E-state index contributed by atoms with van der Waals surface area (Å²) in [4.78, 5) is 73.2. The van der Waals surface area contributed by atoms with Crippen LogP contribution in [0.5, 0.6) is 0 Å². The maximum atomic E-state index is 13.1. The number of aliphatic hydroxyl groups is 1. The van der Waals surface area contributed by atoms with Crippen molar-refractivity contribution in [2.45, 2.75) is 471 Å². The maximum Gasteiger partial charge on any atom is 0.472 e. The van der Waals surface area contributed by atoms with Crippen molar-refractivity contribution in [1.29, 1.82) is 0 Å². The van der Waals surface area contributed by atoms with Crippen molar-refractivity contribution in [3.05, 3.63) is 0 Å². The number of unbranched alkanes of at least 4 members (excludes halogenated alkanes) is 54. The first-order valence-corrected chi connectivity index (χ1v) is 47.0. The SMILES string of the molecule is CCCCCCCCCCCCCCCCCCCCCCCC(=O)O[C@H](COC(=O)CCCCCCCCCCCCCCCC(C)C)COP(=O)(O)OC[C@@H](O)COP(=O)(O)OC[C@@H](COC(=O)CCCCCCCCCCC(C)C)OC(=O)CCCCCCCCCCCCCCCCCC. The number of hydrogen-bond acceptors (Lipinski definition) is 15. The summed E-state index contributed by atoms with van der Waals surface area (Å²) in [6.45, 7) is 9.65. The van der Waals surface area contributed by atoms with Gasteiger partial charge in [0, 0.05) is 25.7 Å². The number of phosphoric ester groups is 2. The molecule has 104 heavy (non-hydrogen) atoms. The number of phosphoric acid groups is 2. The quantitative estimate of drug-likeness (QED) is 0.0222. The van der Waals surface area contributed by atoms with Crippen LogP contribution in [0.3, 0.4) is 0 Å². The molecule has 0 rings (SSSR count). The summed E-state index contributed by atoms with van der Waals surface area (Å²) in [6.07, 6.45) is 68.1. The Balaban J connectivity index is 5.24. The van der Waals surface area contributed by atoms with Crippen molar-refractivity contribution in [2.24, 2.45) is 11.8 Å². The highest BCUT2D eigenvalue weighted by Gasteiger charge is 2.30. The number of carbonyl (C=O) groups excluding carboxylic acids is 4. The average molecular weight is 1520 g/mol. The minimum absolute atomic E-state index is 0.108. The number of carbonyl (C=O) groups is 4. The van der Waals surface area contributed by atoms with E-state index in [0.717, 1.165) is 102 Å². The number of aliphatic hydroxyl groups excluding tert-OH is 1. The maximum absolute atomic E-state index is 13.1. The number of hydrogen-bond donors (Lipinski definition) is 3. The van der Waals surface area contributed by atoms with E-state index in [1.54, 1.807) is 0 Å².